The van der Waals surface area contributed by atoms with Gasteiger partial charge in [-0.25, -0.2) is 4.98 Å². The molecular weight excluding hydrogens is 192 g/mol. The van der Waals surface area contributed by atoms with E-state index in [0.29, 0.717) is 11.4 Å². The average Bonchev–Trinajstić information content (AvgIpc) is 2.77. The van der Waals surface area contributed by atoms with Gasteiger partial charge in [-0.05, 0) is 13.0 Å². The molecule has 5 heteroatoms. The van der Waals surface area contributed by atoms with Gasteiger partial charge in [0.2, 0.25) is 0 Å². The summed E-state index contributed by atoms with van der Waals surface area (Å²) in [5.41, 5.74) is 0.700. The van der Waals surface area contributed by atoms with E-state index in [1.54, 1.807) is 24.7 Å². The van der Waals surface area contributed by atoms with Crippen LogP contribution in [0, 0.1) is 0 Å². The van der Waals surface area contributed by atoms with Gasteiger partial charge in [-0.3, -0.25) is 0 Å². The Morgan fingerprint density at radius 2 is 2.27 bits per heavy atom. The highest BCUT2D eigenvalue weighted by Crippen LogP contribution is 2.18. The largest absolute Gasteiger partial charge is 0.380 e. The van der Waals surface area contributed by atoms with E-state index in [-0.39, 0.29) is 0 Å². The number of aliphatic hydroxyl groups excluding tert-OH is 1. The smallest absolute Gasteiger partial charge is 0.142 e. The van der Waals surface area contributed by atoms with Gasteiger partial charge in [0.25, 0.3) is 0 Å². The van der Waals surface area contributed by atoms with E-state index < -0.39 is 6.10 Å². The number of hydrogen-bond acceptors (Lipinski definition) is 4. The SMILES string of the molecule is CCn1ccnc1C(O)c1ccnnc1. The highest BCUT2D eigenvalue weighted by atomic mass is 16.3. The second-order valence-corrected chi connectivity index (χ2v) is 3.15. The van der Waals surface area contributed by atoms with Gasteiger partial charge < -0.3 is 9.67 Å². The molecule has 0 aliphatic rings. The third kappa shape index (κ3) is 1.87. The fraction of sp³-hybridized carbons (Fsp3) is 0.300. The van der Waals surface area contributed by atoms with Gasteiger partial charge in [-0.2, -0.15) is 10.2 Å². The Labute approximate surface area is 87.4 Å². The standard InChI is InChI=1S/C10H12N4O/c1-2-14-6-5-11-10(14)9(15)8-3-4-12-13-7-8/h3-7,9,15H,2H2,1H3. The van der Waals surface area contributed by atoms with Crippen molar-refractivity contribution in [1.82, 2.24) is 19.7 Å². The molecule has 2 rings (SSSR count). The summed E-state index contributed by atoms with van der Waals surface area (Å²) < 4.78 is 1.89. The zero-order valence-electron chi connectivity index (χ0n) is 8.41. The third-order valence-electron chi connectivity index (χ3n) is 2.26. The lowest BCUT2D eigenvalue weighted by molar-refractivity contribution is 0.204. The Morgan fingerprint density at radius 3 is 2.93 bits per heavy atom. The van der Waals surface area contributed by atoms with Crippen molar-refractivity contribution in [2.45, 2.75) is 19.6 Å². The van der Waals surface area contributed by atoms with Crippen LogP contribution >= 0.6 is 0 Å². The first-order valence-electron chi connectivity index (χ1n) is 4.78. The van der Waals surface area contributed by atoms with Crippen molar-refractivity contribution in [3.05, 3.63) is 42.2 Å². The predicted molar refractivity (Wildman–Crippen MR) is 54.0 cm³/mol. The molecule has 0 saturated heterocycles. The molecule has 0 aliphatic heterocycles. The predicted octanol–water partition coefficient (Wildman–Crippen LogP) is 0.775. The van der Waals surface area contributed by atoms with Crippen molar-refractivity contribution < 1.29 is 5.11 Å². The zero-order valence-corrected chi connectivity index (χ0v) is 8.41. The second-order valence-electron chi connectivity index (χ2n) is 3.15. The number of nitrogens with zero attached hydrogens (tertiary/aromatic N) is 4. The molecule has 0 fully saturated rings. The average molecular weight is 204 g/mol. The number of imidazole rings is 1. The summed E-state index contributed by atoms with van der Waals surface area (Å²) in [5, 5.41) is 17.4. The maximum atomic E-state index is 10.0. The van der Waals surface area contributed by atoms with Crippen LogP contribution in [0.3, 0.4) is 0 Å². The Hall–Kier alpha value is -1.75. The molecule has 78 valence electrons. The molecule has 0 amide bonds. The molecule has 2 aromatic heterocycles. The minimum Gasteiger partial charge on any atom is -0.380 e. The van der Waals surface area contributed by atoms with Crippen molar-refractivity contribution in [3.63, 3.8) is 0 Å². The summed E-state index contributed by atoms with van der Waals surface area (Å²) in [7, 11) is 0. The first kappa shape index (κ1) is 9.79. The first-order valence-corrected chi connectivity index (χ1v) is 4.78. The van der Waals surface area contributed by atoms with E-state index in [0.717, 1.165) is 6.54 Å². The van der Waals surface area contributed by atoms with E-state index in [1.165, 1.54) is 0 Å². The summed E-state index contributed by atoms with van der Waals surface area (Å²) in [6.45, 7) is 2.79. The minimum absolute atomic E-state index is 0.630. The summed E-state index contributed by atoms with van der Waals surface area (Å²) in [4.78, 5) is 4.13. The summed E-state index contributed by atoms with van der Waals surface area (Å²) in [6, 6.07) is 1.73. The molecule has 0 radical (unpaired) electrons. The molecule has 0 aliphatic carbocycles. The van der Waals surface area contributed by atoms with Crippen molar-refractivity contribution in [2.24, 2.45) is 0 Å². The summed E-state index contributed by atoms with van der Waals surface area (Å²) >= 11 is 0. The monoisotopic (exact) mass is 204 g/mol. The topological polar surface area (TPSA) is 63.8 Å². The first-order chi connectivity index (χ1) is 7.33. The fourth-order valence-corrected chi connectivity index (χ4v) is 1.45. The van der Waals surface area contributed by atoms with Crippen LogP contribution in [0.4, 0.5) is 0 Å². The fourth-order valence-electron chi connectivity index (χ4n) is 1.45. The Morgan fingerprint density at radius 1 is 1.40 bits per heavy atom. The molecule has 0 bridgehead atoms. The Balaban J connectivity index is 2.32. The van der Waals surface area contributed by atoms with Gasteiger partial charge in [-0.15, -0.1) is 0 Å². The Bertz CT molecular complexity index is 426. The second kappa shape index (κ2) is 4.18. The van der Waals surface area contributed by atoms with E-state index in [2.05, 4.69) is 15.2 Å². The van der Waals surface area contributed by atoms with Crippen LogP contribution in [0.2, 0.25) is 0 Å². The number of aromatic nitrogens is 4. The van der Waals surface area contributed by atoms with Gasteiger partial charge in [0, 0.05) is 30.7 Å². The van der Waals surface area contributed by atoms with Crippen LogP contribution in [0.5, 0.6) is 0 Å². The van der Waals surface area contributed by atoms with Gasteiger partial charge in [-0.1, -0.05) is 0 Å². The summed E-state index contributed by atoms with van der Waals surface area (Å²) in [6.07, 6.45) is 5.87. The molecule has 1 N–H and O–H groups in total. The van der Waals surface area contributed by atoms with E-state index >= 15 is 0 Å². The Kier molecular flexibility index (Phi) is 2.73. The molecule has 1 atom stereocenters. The maximum absolute atomic E-state index is 10.0. The lowest BCUT2D eigenvalue weighted by Gasteiger charge is -2.11. The summed E-state index contributed by atoms with van der Waals surface area (Å²) in [5.74, 6) is 0.630. The number of aryl methyl sites for hydroxylation is 1. The number of aliphatic hydroxyl groups is 1. The van der Waals surface area contributed by atoms with Crippen LogP contribution < -0.4 is 0 Å². The van der Waals surface area contributed by atoms with E-state index in [9.17, 15) is 5.11 Å². The molecule has 1 unspecified atom stereocenters. The molecule has 2 aromatic rings. The van der Waals surface area contributed by atoms with E-state index in [1.807, 2.05) is 17.7 Å². The van der Waals surface area contributed by atoms with Gasteiger partial charge >= 0.3 is 0 Å². The van der Waals surface area contributed by atoms with Crippen LogP contribution in [-0.4, -0.2) is 24.9 Å². The highest BCUT2D eigenvalue weighted by Gasteiger charge is 2.15. The van der Waals surface area contributed by atoms with Crippen molar-refractivity contribution >= 4 is 0 Å². The molecular formula is C10H12N4O. The minimum atomic E-state index is -0.740. The zero-order chi connectivity index (χ0) is 10.7. The van der Waals surface area contributed by atoms with Crippen LogP contribution in [-0.2, 0) is 6.54 Å². The van der Waals surface area contributed by atoms with Crippen LogP contribution in [0.15, 0.2) is 30.9 Å². The highest BCUT2D eigenvalue weighted by molar-refractivity contribution is 5.17. The van der Waals surface area contributed by atoms with Crippen molar-refractivity contribution in [1.29, 1.82) is 0 Å². The van der Waals surface area contributed by atoms with E-state index in [4.69, 9.17) is 0 Å². The maximum Gasteiger partial charge on any atom is 0.142 e. The molecule has 15 heavy (non-hydrogen) atoms. The molecule has 0 spiro atoms. The number of rotatable bonds is 3. The quantitative estimate of drug-likeness (QED) is 0.802. The molecule has 0 saturated carbocycles. The van der Waals surface area contributed by atoms with Crippen molar-refractivity contribution in [3.8, 4) is 0 Å². The third-order valence-corrected chi connectivity index (χ3v) is 2.26. The normalized spacial score (nSPS) is 12.7. The molecule has 5 nitrogen and oxygen atoms in total. The lowest BCUT2D eigenvalue weighted by Crippen LogP contribution is -2.09. The molecule has 0 aromatic carbocycles. The van der Waals surface area contributed by atoms with Gasteiger partial charge in [0.05, 0.1) is 6.20 Å². The van der Waals surface area contributed by atoms with Crippen molar-refractivity contribution in [2.75, 3.05) is 0 Å². The lowest BCUT2D eigenvalue weighted by atomic mass is 10.1. The van der Waals surface area contributed by atoms with Gasteiger partial charge in [0.15, 0.2) is 0 Å². The molecule has 2 heterocycles. The van der Waals surface area contributed by atoms with Gasteiger partial charge in [0.1, 0.15) is 11.9 Å². The van der Waals surface area contributed by atoms with Crippen LogP contribution in [0.1, 0.15) is 24.4 Å². The number of hydrogen-bond donors (Lipinski definition) is 1. The van der Waals surface area contributed by atoms with Crippen LogP contribution in [0.25, 0.3) is 0 Å².